The minimum atomic E-state index is -0.504. The van der Waals surface area contributed by atoms with Crippen LogP contribution in [0.25, 0.3) is 0 Å². The number of ether oxygens (including phenoxy) is 1. The standard InChI is InChI=1S/C22H35N3O3/c1-15(2)23-19-14-25(21(27)28-22(3,4)5)12-11-18(19)16-9-8-10-17(13-16)20(26)24(6)7/h8-10,13,15,18-19,23H,11-12,14H2,1-7H3/t18-,19?/m1/s1. The van der Waals surface area contributed by atoms with E-state index < -0.39 is 5.60 Å². The molecule has 1 unspecified atom stereocenters. The maximum atomic E-state index is 12.5. The molecule has 0 bridgehead atoms. The van der Waals surface area contributed by atoms with Gasteiger partial charge in [0.2, 0.25) is 0 Å². The van der Waals surface area contributed by atoms with Crippen LogP contribution in [0.4, 0.5) is 4.79 Å². The van der Waals surface area contributed by atoms with Gasteiger partial charge in [0.1, 0.15) is 5.60 Å². The highest BCUT2D eigenvalue weighted by Crippen LogP contribution is 2.30. The molecule has 6 nitrogen and oxygen atoms in total. The van der Waals surface area contributed by atoms with Gasteiger partial charge in [-0.15, -0.1) is 0 Å². The van der Waals surface area contributed by atoms with Crippen molar-refractivity contribution in [3.63, 3.8) is 0 Å². The Bertz CT molecular complexity index is 695. The number of nitrogens with zero attached hydrogens (tertiary/aromatic N) is 2. The molecule has 1 heterocycles. The molecule has 1 aromatic carbocycles. The first-order valence-electron chi connectivity index (χ1n) is 10.0. The van der Waals surface area contributed by atoms with E-state index in [1.807, 2.05) is 39.0 Å². The first kappa shape index (κ1) is 22.2. The molecular weight excluding hydrogens is 354 g/mol. The monoisotopic (exact) mass is 389 g/mol. The Hall–Kier alpha value is -2.08. The van der Waals surface area contributed by atoms with E-state index in [1.54, 1.807) is 23.9 Å². The van der Waals surface area contributed by atoms with Crippen LogP contribution in [-0.4, -0.2) is 66.7 Å². The molecule has 0 radical (unpaired) electrons. The minimum absolute atomic E-state index is 0.00131. The van der Waals surface area contributed by atoms with Crippen LogP contribution in [0.5, 0.6) is 0 Å². The molecule has 2 atom stereocenters. The predicted molar refractivity (Wildman–Crippen MR) is 112 cm³/mol. The van der Waals surface area contributed by atoms with Crippen molar-refractivity contribution < 1.29 is 14.3 Å². The van der Waals surface area contributed by atoms with Crippen LogP contribution in [0.1, 0.15) is 62.9 Å². The van der Waals surface area contributed by atoms with E-state index in [1.165, 1.54) is 0 Å². The number of hydrogen-bond donors (Lipinski definition) is 1. The maximum absolute atomic E-state index is 12.5. The number of likely N-dealkylation sites (tertiary alicyclic amines) is 1. The van der Waals surface area contributed by atoms with Gasteiger partial charge in [-0.1, -0.05) is 26.0 Å². The Morgan fingerprint density at radius 2 is 1.93 bits per heavy atom. The van der Waals surface area contributed by atoms with Gasteiger partial charge >= 0.3 is 6.09 Å². The van der Waals surface area contributed by atoms with Crippen molar-refractivity contribution in [2.24, 2.45) is 0 Å². The average molecular weight is 390 g/mol. The Balaban J connectivity index is 2.22. The van der Waals surface area contributed by atoms with Crippen molar-refractivity contribution in [1.29, 1.82) is 0 Å². The van der Waals surface area contributed by atoms with Gasteiger partial charge < -0.3 is 19.9 Å². The summed E-state index contributed by atoms with van der Waals surface area (Å²) in [6, 6.07) is 8.26. The highest BCUT2D eigenvalue weighted by atomic mass is 16.6. The molecule has 2 amide bonds. The van der Waals surface area contributed by atoms with Gasteiger partial charge in [-0.05, 0) is 44.9 Å². The quantitative estimate of drug-likeness (QED) is 0.856. The smallest absolute Gasteiger partial charge is 0.410 e. The van der Waals surface area contributed by atoms with Gasteiger partial charge in [-0.2, -0.15) is 0 Å². The van der Waals surface area contributed by atoms with Gasteiger partial charge in [0.15, 0.2) is 0 Å². The lowest BCUT2D eigenvalue weighted by Gasteiger charge is -2.40. The number of carbonyl (C=O) groups excluding carboxylic acids is 2. The zero-order valence-electron chi connectivity index (χ0n) is 18.3. The maximum Gasteiger partial charge on any atom is 0.410 e. The Kier molecular flexibility index (Phi) is 7.10. The number of benzene rings is 1. The molecule has 0 spiro atoms. The molecule has 1 saturated heterocycles. The summed E-state index contributed by atoms with van der Waals surface area (Å²) in [5.74, 6) is 0.234. The van der Waals surface area contributed by atoms with Crippen LogP contribution in [0, 0.1) is 0 Å². The molecular formula is C22H35N3O3. The minimum Gasteiger partial charge on any atom is -0.444 e. The first-order valence-corrected chi connectivity index (χ1v) is 10.0. The van der Waals surface area contributed by atoms with E-state index in [-0.39, 0.29) is 30.0 Å². The fourth-order valence-corrected chi connectivity index (χ4v) is 3.60. The lowest BCUT2D eigenvalue weighted by atomic mass is 9.84. The zero-order chi connectivity index (χ0) is 21.1. The number of hydrogen-bond acceptors (Lipinski definition) is 4. The van der Waals surface area contributed by atoms with Crippen LogP contribution in [-0.2, 0) is 4.74 Å². The molecule has 1 N–H and O–H groups in total. The fourth-order valence-electron chi connectivity index (χ4n) is 3.60. The van der Waals surface area contributed by atoms with Gasteiger partial charge in [-0.3, -0.25) is 4.79 Å². The van der Waals surface area contributed by atoms with E-state index in [9.17, 15) is 9.59 Å². The molecule has 0 aromatic heterocycles. The van der Waals surface area contributed by atoms with Crippen molar-refractivity contribution in [1.82, 2.24) is 15.1 Å². The Morgan fingerprint density at radius 1 is 1.25 bits per heavy atom. The predicted octanol–water partition coefficient (Wildman–Crippen LogP) is 3.48. The molecule has 0 saturated carbocycles. The second-order valence-electron chi connectivity index (χ2n) is 9.07. The van der Waals surface area contributed by atoms with E-state index >= 15 is 0 Å². The third-order valence-electron chi connectivity index (χ3n) is 4.78. The molecule has 0 aliphatic carbocycles. The Labute approximate surface area is 169 Å². The topological polar surface area (TPSA) is 61.9 Å². The van der Waals surface area contributed by atoms with Gasteiger partial charge in [0, 0.05) is 50.7 Å². The summed E-state index contributed by atoms with van der Waals surface area (Å²) in [6.45, 7) is 11.1. The summed E-state index contributed by atoms with van der Waals surface area (Å²) in [7, 11) is 3.52. The second-order valence-corrected chi connectivity index (χ2v) is 9.07. The number of amides is 2. The van der Waals surface area contributed by atoms with Crippen molar-refractivity contribution in [2.75, 3.05) is 27.2 Å². The fraction of sp³-hybridized carbons (Fsp3) is 0.636. The van der Waals surface area contributed by atoms with Crippen LogP contribution >= 0.6 is 0 Å². The normalized spacial score (nSPS) is 20.2. The van der Waals surface area contributed by atoms with Crippen molar-refractivity contribution in [2.45, 2.75) is 64.6 Å². The lowest BCUT2D eigenvalue weighted by Crippen LogP contribution is -2.54. The first-order chi connectivity index (χ1) is 13.0. The van der Waals surface area contributed by atoms with Gasteiger partial charge in [0.25, 0.3) is 5.91 Å². The van der Waals surface area contributed by atoms with Crippen LogP contribution < -0.4 is 5.32 Å². The third-order valence-corrected chi connectivity index (χ3v) is 4.78. The van der Waals surface area contributed by atoms with Crippen molar-refractivity contribution in [3.05, 3.63) is 35.4 Å². The van der Waals surface area contributed by atoms with Crippen molar-refractivity contribution in [3.8, 4) is 0 Å². The van der Waals surface area contributed by atoms with E-state index in [0.717, 1.165) is 12.0 Å². The molecule has 28 heavy (non-hydrogen) atoms. The number of nitrogens with one attached hydrogen (secondary N) is 1. The summed E-state index contributed by atoms with van der Waals surface area (Å²) in [4.78, 5) is 28.3. The lowest BCUT2D eigenvalue weighted by molar-refractivity contribution is 0.0167. The largest absolute Gasteiger partial charge is 0.444 e. The molecule has 2 rings (SSSR count). The van der Waals surface area contributed by atoms with Gasteiger partial charge in [-0.25, -0.2) is 4.79 Å². The average Bonchev–Trinajstić information content (AvgIpc) is 2.59. The van der Waals surface area contributed by atoms with Crippen LogP contribution in [0.2, 0.25) is 0 Å². The van der Waals surface area contributed by atoms with Crippen molar-refractivity contribution >= 4 is 12.0 Å². The highest BCUT2D eigenvalue weighted by Gasteiger charge is 2.34. The summed E-state index contributed by atoms with van der Waals surface area (Å²) in [5.41, 5.74) is 1.32. The van der Waals surface area contributed by atoms with E-state index in [2.05, 4.69) is 25.2 Å². The highest BCUT2D eigenvalue weighted by molar-refractivity contribution is 5.94. The number of carbonyl (C=O) groups is 2. The SMILES string of the molecule is CC(C)NC1CN(C(=O)OC(C)(C)C)CC[C@@H]1c1cccc(C(=O)N(C)C)c1. The molecule has 1 aliphatic heterocycles. The second kappa shape index (κ2) is 8.95. The molecule has 6 heteroatoms. The van der Waals surface area contributed by atoms with Gasteiger partial charge in [0.05, 0.1) is 0 Å². The zero-order valence-corrected chi connectivity index (χ0v) is 18.3. The van der Waals surface area contributed by atoms with Crippen LogP contribution in [0.3, 0.4) is 0 Å². The van der Waals surface area contributed by atoms with Crippen LogP contribution in [0.15, 0.2) is 24.3 Å². The summed E-state index contributed by atoms with van der Waals surface area (Å²) < 4.78 is 5.56. The number of piperidine rings is 1. The third kappa shape index (κ3) is 5.96. The Morgan fingerprint density at radius 3 is 2.50 bits per heavy atom. The van der Waals surface area contributed by atoms with E-state index in [4.69, 9.17) is 4.74 Å². The molecule has 156 valence electrons. The molecule has 1 aliphatic rings. The summed E-state index contributed by atoms with van der Waals surface area (Å²) in [5, 5.41) is 3.60. The summed E-state index contributed by atoms with van der Waals surface area (Å²) >= 11 is 0. The summed E-state index contributed by atoms with van der Waals surface area (Å²) in [6.07, 6.45) is 0.557. The van der Waals surface area contributed by atoms with E-state index in [0.29, 0.717) is 18.7 Å². The molecule has 1 aromatic rings. The molecule has 1 fully saturated rings. The number of rotatable bonds is 4.